The maximum atomic E-state index is 13.4. The van der Waals surface area contributed by atoms with Gasteiger partial charge in [0.2, 0.25) is 10.0 Å². The highest BCUT2D eigenvalue weighted by Crippen LogP contribution is 2.21. The van der Waals surface area contributed by atoms with Crippen molar-refractivity contribution >= 4 is 26.0 Å². The maximum absolute atomic E-state index is 13.4. The van der Waals surface area contributed by atoms with Crippen LogP contribution in [-0.4, -0.2) is 14.0 Å². The highest BCUT2D eigenvalue weighted by molar-refractivity contribution is 9.10. The van der Waals surface area contributed by atoms with E-state index >= 15 is 0 Å². The lowest BCUT2D eigenvalue weighted by Gasteiger charge is -2.20. The third-order valence-electron chi connectivity index (χ3n) is 1.62. The average Bonchev–Trinajstić information content (AvgIpc) is 2.04. The topological polar surface area (TPSA) is 46.2 Å². The molecule has 0 aliphatic rings. The minimum absolute atomic E-state index is 0.350. The predicted molar refractivity (Wildman–Crippen MR) is 64.2 cm³/mol. The first-order valence-corrected chi connectivity index (χ1v) is 6.88. The second-order valence-corrected chi connectivity index (χ2v) is 7.00. The molecule has 90 valence electrons. The van der Waals surface area contributed by atoms with Gasteiger partial charge in [0, 0.05) is 10.0 Å². The Morgan fingerprint density at radius 1 is 1.31 bits per heavy atom. The first-order valence-electron chi connectivity index (χ1n) is 4.61. The van der Waals surface area contributed by atoms with E-state index in [0.717, 1.165) is 6.07 Å². The zero-order valence-electron chi connectivity index (χ0n) is 9.21. The molecule has 0 heterocycles. The third-order valence-corrected chi connectivity index (χ3v) is 3.89. The van der Waals surface area contributed by atoms with Crippen LogP contribution in [0.4, 0.5) is 4.39 Å². The normalized spacial score (nSPS) is 12.8. The number of nitrogens with one attached hydrogen (secondary N) is 1. The summed E-state index contributed by atoms with van der Waals surface area (Å²) in [5, 5.41) is 0. The lowest BCUT2D eigenvalue weighted by Crippen LogP contribution is -2.40. The van der Waals surface area contributed by atoms with Crippen molar-refractivity contribution < 1.29 is 12.8 Å². The van der Waals surface area contributed by atoms with Crippen LogP contribution in [0.3, 0.4) is 0 Å². The van der Waals surface area contributed by atoms with Gasteiger partial charge in [0.1, 0.15) is 10.7 Å². The number of halogens is 2. The molecule has 0 saturated carbocycles. The Balaban J connectivity index is 3.22. The smallest absolute Gasteiger partial charge is 0.207 e. The molecule has 0 aliphatic carbocycles. The summed E-state index contributed by atoms with van der Waals surface area (Å²) >= 11 is 3.11. The van der Waals surface area contributed by atoms with Crippen LogP contribution >= 0.6 is 15.9 Å². The minimum Gasteiger partial charge on any atom is -0.207 e. The van der Waals surface area contributed by atoms with Crippen LogP contribution in [0.5, 0.6) is 0 Å². The molecular formula is C10H13BrFNO2S. The standard InChI is InChI=1S/C10H13BrFNO2S/c1-10(2,3)13-16(14,15)9-6-7(11)4-5-8(9)12/h4-6,13H,1-3H3. The zero-order chi connectivity index (χ0) is 12.6. The van der Waals surface area contributed by atoms with Crippen molar-refractivity contribution in [1.82, 2.24) is 4.72 Å². The average molecular weight is 310 g/mol. The van der Waals surface area contributed by atoms with Gasteiger partial charge < -0.3 is 0 Å². The maximum Gasteiger partial charge on any atom is 0.243 e. The van der Waals surface area contributed by atoms with Gasteiger partial charge in [-0.25, -0.2) is 17.5 Å². The van der Waals surface area contributed by atoms with Gasteiger partial charge in [0.05, 0.1) is 0 Å². The van der Waals surface area contributed by atoms with Crippen LogP contribution in [0, 0.1) is 5.82 Å². The fraction of sp³-hybridized carbons (Fsp3) is 0.400. The number of sulfonamides is 1. The molecule has 1 N–H and O–H groups in total. The summed E-state index contributed by atoms with van der Waals surface area (Å²) in [6.45, 7) is 5.08. The van der Waals surface area contributed by atoms with E-state index in [1.807, 2.05) is 0 Å². The number of rotatable bonds is 2. The Bertz CT molecular complexity index is 494. The zero-order valence-corrected chi connectivity index (χ0v) is 11.6. The SMILES string of the molecule is CC(C)(C)NS(=O)(=O)c1cc(Br)ccc1F. The van der Waals surface area contributed by atoms with Gasteiger partial charge in [-0.2, -0.15) is 0 Å². The molecule has 0 fully saturated rings. The summed E-state index contributed by atoms with van der Waals surface area (Å²) in [6.07, 6.45) is 0. The van der Waals surface area contributed by atoms with Gasteiger partial charge in [-0.05, 0) is 39.0 Å². The lowest BCUT2D eigenvalue weighted by molar-refractivity contribution is 0.486. The van der Waals surface area contributed by atoms with Crippen molar-refractivity contribution in [3.05, 3.63) is 28.5 Å². The molecule has 0 atom stereocenters. The van der Waals surface area contributed by atoms with Gasteiger partial charge in [-0.1, -0.05) is 15.9 Å². The molecule has 16 heavy (non-hydrogen) atoms. The Morgan fingerprint density at radius 2 is 1.88 bits per heavy atom. The quantitative estimate of drug-likeness (QED) is 0.913. The molecule has 0 spiro atoms. The molecule has 0 saturated heterocycles. The highest BCUT2D eigenvalue weighted by Gasteiger charge is 2.24. The first kappa shape index (κ1) is 13.6. The summed E-state index contributed by atoms with van der Waals surface area (Å²) in [5.74, 6) is -0.764. The monoisotopic (exact) mass is 309 g/mol. The van der Waals surface area contributed by atoms with Crippen molar-refractivity contribution in [3.63, 3.8) is 0 Å². The molecular weight excluding hydrogens is 297 g/mol. The van der Waals surface area contributed by atoms with Crippen LogP contribution < -0.4 is 4.72 Å². The van der Waals surface area contributed by atoms with Gasteiger partial charge in [-0.3, -0.25) is 0 Å². The second kappa shape index (κ2) is 4.43. The number of hydrogen-bond donors (Lipinski definition) is 1. The van der Waals surface area contributed by atoms with E-state index in [-0.39, 0.29) is 4.90 Å². The van der Waals surface area contributed by atoms with Crippen LogP contribution in [0.2, 0.25) is 0 Å². The fourth-order valence-corrected chi connectivity index (χ4v) is 3.18. The van der Waals surface area contributed by atoms with E-state index in [1.54, 1.807) is 20.8 Å². The summed E-state index contributed by atoms with van der Waals surface area (Å²) in [7, 11) is -3.83. The van der Waals surface area contributed by atoms with E-state index < -0.39 is 21.4 Å². The lowest BCUT2D eigenvalue weighted by atomic mass is 10.1. The van der Waals surface area contributed by atoms with Crippen molar-refractivity contribution in [2.45, 2.75) is 31.2 Å². The summed E-state index contributed by atoms with van der Waals surface area (Å²) in [6, 6.07) is 3.80. The van der Waals surface area contributed by atoms with E-state index in [0.29, 0.717) is 4.47 Å². The molecule has 0 radical (unpaired) electrons. The Labute approximate surface area is 103 Å². The van der Waals surface area contributed by atoms with Crippen molar-refractivity contribution in [2.75, 3.05) is 0 Å². The van der Waals surface area contributed by atoms with E-state index in [1.165, 1.54) is 12.1 Å². The fourth-order valence-electron chi connectivity index (χ4n) is 1.14. The predicted octanol–water partition coefficient (Wildman–Crippen LogP) is 2.67. The van der Waals surface area contributed by atoms with Crippen molar-refractivity contribution in [1.29, 1.82) is 0 Å². The van der Waals surface area contributed by atoms with Gasteiger partial charge in [0.25, 0.3) is 0 Å². The van der Waals surface area contributed by atoms with E-state index in [9.17, 15) is 12.8 Å². The number of benzene rings is 1. The molecule has 0 aromatic heterocycles. The van der Waals surface area contributed by atoms with Crippen LogP contribution in [0.25, 0.3) is 0 Å². The molecule has 0 aliphatic heterocycles. The Kier molecular flexibility index (Phi) is 3.76. The molecule has 1 rings (SSSR count). The summed E-state index contributed by atoms with van der Waals surface area (Å²) in [4.78, 5) is -0.350. The third kappa shape index (κ3) is 3.54. The largest absolute Gasteiger partial charge is 0.243 e. The molecule has 1 aromatic rings. The van der Waals surface area contributed by atoms with Gasteiger partial charge in [0.15, 0.2) is 0 Å². The molecule has 0 bridgehead atoms. The molecule has 1 aromatic carbocycles. The molecule has 0 amide bonds. The van der Waals surface area contributed by atoms with E-state index in [2.05, 4.69) is 20.7 Å². The number of hydrogen-bond acceptors (Lipinski definition) is 2. The summed E-state index contributed by atoms with van der Waals surface area (Å²) in [5.41, 5.74) is -0.645. The minimum atomic E-state index is -3.83. The van der Waals surface area contributed by atoms with Gasteiger partial charge >= 0.3 is 0 Å². The first-order chi connectivity index (χ1) is 7.12. The molecule has 3 nitrogen and oxygen atoms in total. The second-order valence-electron chi connectivity index (χ2n) is 4.43. The van der Waals surface area contributed by atoms with Crippen molar-refractivity contribution in [3.8, 4) is 0 Å². The van der Waals surface area contributed by atoms with Crippen molar-refractivity contribution in [2.24, 2.45) is 0 Å². The van der Waals surface area contributed by atoms with Crippen LogP contribution in [-0.2, 0) is 10.0 Å². The van der Waals surface area contributed by atoms with E-state index in [4.69, 9.17) is 0 Å². The molecule has 6 heteroatoms. The summed E-state index contributed by atoms with van der Waals surface area (Å²) < 4.78 is 40.0. The van der Waals surface area contributed by atoms with Crippen LogP contribution in [0.1, 0.15) is 20.8 Å². The Morgan fingerprint density at radius 3 is 2.38 bits per heavy atom. The van der Waals surface area contributed by atoms with Crippen LogP contribution in [0.15, 0.2) is 27.6 Å². The Hall–Kier alpha value is -0.460. The highest BCUT2D eigenvalue weighted by atomic mass is 79.9. The van der Waals surface area contributed by atoms with Gasteiger partial charge in [-0.15, -0.1) is 0 Å². The molecule has 0 unspecified atom stereocenters.